The van der Waals surface area contributed by atoms with Gasteiger partial charge in [-0.1, -0.05) is 91.4 Å². The van der Waals surface area contributed by atoms with Gasteiger partial charge in [-0.05, 0) is 24.1 Å². The molecule has 10 heteroatoms. The Labute approximate surface area is 254 Å². The van der Waals surface area contributed by atoms with E-state index in [0.29, 0.717) is 32.5 Å². The van der Waals surface area contributed by atoms with Crippen molar-refractivity contribution in [2.45, 2.75) is 39.1 Å². The van der Waals surface area contributed by atoms with Gasteiger partial charge in [0.25, 0.3) is 0 Å². The van der Waals surface area contributed by atoms with E-state index >= 15 is 0 Å². The van der Waals surface area contributed by atoms with Gasteiger partial charge in [0.05, 0.1) is 25.5 Å². The molecule has 0 saturated carbocycles. The Bertz CT molecular complexity index is 1280. The van der Waals surface area contributed by atoms with Gasteiger partial charge < -0.3 is 25.0 Å². The van der Waals surface area contributed by atoms with Crippen molar-refractivity contribution in [1.29, 1.82) is 0 Å². The molecule has 0 aromatic heterocycles. The van der Waals surface area contributed by atoms with Crippen molar-refractivity contribution in [2.24, 2.45) is 0 Å². The first-order valence-corrected chi connectivity index (χ1v) is 14.4. The number of nitrogens with zero attached hydrogens (tertiary/aromatic N) is 4. The van der Waals surface area contributed by atoms with Gasteiger partial charge in [-0.15, -0.1) is 0 Å². The lowest BCUT2D eigenvalue weighted by Crippen LogP contribution is -2.67. The van der Waals surface area contributed by atoms with Crippen molar-refractivity contribution in [3.63, 3.8) is 0 Å². The lowest BCUT2D eigenvalue weighted by molar-refractivity contribution is -0.155. The van der Waals surface area contributed by atoms with Crippen LogP contribution in [0, 0.1) is 0 Å². The molecule has 2 atom stereocenters. The number of ether oxygens (including phenoxy) is 1. The number of allylic oxidation sites excluding steroid dienone is 9. The molecule has 2 N–H and O–H groups in total. The first-order chi connectivity index (χ1) is 20.7. The number of benzene rings is 1. The minimum Gasteiger partial charge on any atom is -0.501 e. The molecule has 1 saturated heterocycles. The smallest absolute Gasteiger partial charge is 0.334 e. The van der Waals surface area contributed by atoms with Crippen LogP contribution in [0.3, 0.4) is 0 Å². The monoisotopic (exact) mass is 589 g/mol. The molecule has 1 aromatic carbocycles. The second-order valence-corrected chi connectivity index (χ2v) is 10.4. The Kier molecular flexibility index (Phi) is 13.0. The number of hydrogen-bond donors (Lipinski definition) is 2. The number of carbonyl (C=O) groups is 3. The molecule has 10 nitrogen and oxygen atoms in total. The summed E-state index contributed by atoms with van der Waals surface area (Å²) < 4.78 is 5.40. The molecule has 2 unspecified atom stereocenters. The first kappa shape index (κ1) is 33.1. The largest absolute Gasteiger partial charge is 0.501 e. The molecule has 1 aromatic rings. The number of rotatable bonds is 9. The Morgan fingerprint density at radius 1 is 1.14 bits per heavy atom. The van der Waals surface area contributed by atoms with E-state index in [-0.39, 0.29) is 25.0 Å². The molecule has 230 valence electrons. The number of urea groups is 1. The molecule has 43 heavy (non-hydrogen) atoms. The SMILES string of the molecule is CC1=CC=CC(O)C=C1.CCN(C)N(C(=O)NCc1ccccc1)C1CN(CC2=CC=CC=C(OC)C2)C(=O)CN1C=O. The van der Waals surface area contributed by atoms with E-state index < -0.39 is 12.3 Å². The normalized spacial score (nSPS) is 19.8. The van der Waals surface area contributed by atoms with E-state index in [1.54, 1.807) is 36.2 Å². The quantitative estimate of drug-likeness (QED) is 0.337. The zero-order valence-corrected chi connectivity index (χ0v) is 25.4. The van der Waals surface area contributed by atoms with E-state index in [4.69, 9.17) is 9.84 Å². The van der Waals surface area contributed by atoms with Gasteiger partial charge in [-0.2, -0.15) is 0 Å². The molecule has 3 aliphatic rings. The van der Waals surface area contributed by atoms with E-state index in [9.17, 15) is 14.4 Å². The minimum atomic E-state index is -0.629. The van der Waals surface area contributed by atoms with Crippen LogP contribution < -0.4 is 5.32 Å². The number of nitrogens with one attached hydrogen (secondary N) is 1. The van der Waals surface area contributed by atoms with Gasteiger partial charge in [0.2, 0.25) is 12.3 Å². The molecule has 2 aliphatic carbocycles. The summed E-state index contributed by atoms with van der Waals surface area (Å²) in [4.78, 5) is 41.1. The summed E-state index contributed by atoms with van der Waals surface area (Å²) in [6, 6.07) is 9.29. The lowest BCUT2D eigenvalue weighted by Gasteiger charge is -2.46. The van der Waals surface area contributed by atoms with Gasteiger partial charge in [-0.3, -0.25) is 9.59 Å². The summed E-state index contributed by atoms with van der Waals surface area (Å²) in [5.41, 5.74) is 3.15. The number of hydrogen-bond acceptors (Lipinski definition) is 6. The standard InChI is InChI=1S/C25H33N5O4.C8H10O/c1-4-27(2)30(25(33)26-15-20-10-6-5-7-11-20)23-17-28(24(32)18-29(23)19-31)16-21-12-8-9-13-22(14-21)34-3;1-7-3-2-4-8(9)6-5-7/h5-13,19,23H,4,14-18H2,1-3H3,(H,26,33);2-6,8-9H,1H3. The van der Waals surface area contributed by atoms with Gasteiger partial charge in [0, 0.05) is 33.1 Å². The summed E-state index contributed by atoms with van der Waals surface area (Å²) in [7, 11) is 3.42. The number of aliphatic hydroxyl groups excluding tert-OH is 1. The highest BCUT2D eigenvalue weighted by Crippen LogP contribution is 2.21. The summed E-state index contributed by atoms with van der Waals surface area (Å²) in [5.74, 6) is 0.646. The van der Waals surface area contributed by atoms with Crippen molar-refractivity contribution in [1.82, 2.24) is 25.1 Å². The highest BCUT2D eigenvalue weighted by atomic mass is 16.5. The number of hydrazine groups is 1. The number of piperazine rings is 1. The second kappa shape index (κ2) is 16.9. The molecule has 1 heterocycles. The average molecular weight is 590 g/mol. The minimum absolute atomic E-state index is 0.0930. The molecule has 4 rings (SSSR count). The lowest BCUT2D eigenvalue weighted by atomic mass is 10.1. The van der Waals surface area contributed by atoms with Gasteiger partial charge >= 0.3 is 6.03 Å². The molecular weight excluding hydrogens is 546 g/mol. The zero-order chi connectivity index (χ0) is 31.2. The van der Waals surface area contributed by atoms with Gasteiger partial charge in [0.15, 0.2) is 0 Å². The second-order valence-electron chi connectivity index (χ2n) is 10.4. The summed E-state index contributed by atoms with van der Waals surface area (Å²) in [5, 5.41) is 15.2. The predicted octanol–water partition coefficient (Wildman–Crippen LogP) is 3.53. The Balaban J connectivity index is 0.000000480. The van der Waals surface area contributed by atoms with Crippen LogP contribution in [0.4, 0.5) is 4.79 Å². The molecule has 0 spiro atoms. The summed E-state index contributed by atoms with van der Waals surface area (Å²) in [6.45, 7) is 5.33. The van der Waals surface area contributed by atoms with E-state index in [2.05, 4.69) is 5.32 Å². The molecule has 0 bridgehead atoms. The number of aliphatic hydroxyl groups is 1. The maximum atomic E-state index is 13.3. The first-order valence-electron chi connectivity index (χ1n) is 14.4. The Hall–Kier alpha value is -4.41. The topological polar surface area (TPSA) is 106 Å². The third kappa shape index (κ3) is 10.1. The summed E-state index contributed by atoms with van der Waals surface area (Å²) in [6.07, 6.45) is 17.1. The van der Waals surface area contributed by atoms with Crippen molar-refractivity contribution in [3.05, 3.63) is 107 Å². The molecular formula is C33H43N5O5. The van der Waals surface area contributed by atoms with Crippen LogP contribution in [-0.4, -0.2) is 95.9 Å². The van der Waals surface area contributed by atoms with Gasteiger partial charge in [-0.25, -0.2) is 14.8 Å². The van der Waals surface area contributed by atoms with Crippen LogP contribution in [0.5, 0.6) is 0 Å². The van der Waals surface area contributed by atoms with Crippen LogP contribution >= 0.6 is 0 Å². The van der Waals surface area contributed by atoms with E-state index in [1.165, 1.54) is 15.5 Å². The van der Waals surface area contributed by atoms with Crippen molar-refractivity contribution >= 4 is 18.3 Å². The number of methoxy groups -OCH3 is 1. The third-order valence-corrected chi connectivity index (χ3v) is 7.18. The Morgan fingerprint density at radius 3 is 2.58 bits per heavy atom. The highest BCUT2D eigenvalue weighted by Gasteiger charge is 2.39. The molecule has 1 fully saturated rings. The van der Waals surface area contributed by atoms with Crippen LogP contribution in [0.15, 0.2) is 102 Å². The fourth-order valence-corrected chi connectivity index (χ4v) is 4.65. The van der Waals surface area contributed by atoms with Crippen molar-refractivity contribution in [2.75, 3.05) is 40.3 Å². The van der Waals surface area contributed by atoms with Crippen LogP contribution in [-0.2, 0) is 20.9 Å². The van der Waals surface area contributed by atoms with Crippen molar-refractivity contribution < 1.29 is 24.2 Å². The fourth-order valence-electron chi connectivity index (χ4n) is 4.65. The fraction of sp³-hybridized carbons (Fsp3) is 0.364. The van der Waals surface area contributed by atoms with Crippen LogP contribution in [0.25, 0.3) is 0 Å². The number of carbonyl (C=O) groups excluding carboxylic acids is 3. The van der Waals surface area contributed by atoms with Crippen LogP contribution in [0.1, 0.15) is 25.8 Å². The maximum absolute atomic E-state index is 13.3. The average Bonchev–Trinajstić information content (AvgIpc) is 3.37. The number of amides is 4. The van der Waals surface area contributed by atoms with E-state index in [1.807, 2.05) is 86.7 Å². The van der Waals surface area contributed by atoms with Crippen LogP contribution in [0.2, 0.25) is 0 Å². The maximum Gasteiger partial charge on any atom is 0.334 e. The summed E-state index contributed by atoms with van der Waals surface area (Å²) >= 11 is 0. The van der Waals surface area contributed by atoms with Crippen molar-refractivity contribution in [3.8, 4) is 0 Å². The molecule has 1 aliphatic heterocycles. The Morgan fingerprint density at radius 2 is 1.88 bits per heavy atom. The van der Waals surface area contributed by atoms with Gasteiger partial charge in [0.1, 0.15) is 12.7 Å². The zero-order valence-electron chi connectivity index (χ0n) is 25.4. The predicted molar refractivity (Wildman–Crippen MR) is 167 cm³/mol. The highest BCUT2D eigenvalue weighted by molar-refractivity contribution is 5.82. The third-order valence-electron chi connectivity index (χ3n) is 7.18. The molecule has 0 radical (unpaired) electrons. The van der Waals surface area contributed by atoms with E-state index in [0.717, 1.165) is 16.9 Å². The molecule has 4 amide bonds.